The van der Waals surface area contributed by atoms with Gasteiger partial charge in [-0.2, -0.15) is 16.8 Å². The minimum Gasteiger partial charge on any atom is -0.268 e. The Balaban J connectivity index is 3.79. The monoisotopic (exact) mass is 246 g/mol. The number of hydrogen-bond acceptors (Lipinski definition) is 6. The number of rotatable bonds is 7. The van der Waals surface area contributed by atoms with Crippen molar-refractivity contribution in [3.05, 3.63) is 0 Å². The Hall–Kier alpha value is -0.180. The van der Waals surface area contributed by atoms with Crippen LogP contribution in [0.1, 0.15) is 13.8 Å². The topological polar surface area (TPSA) is 86.7 Å². The van der Waals surface area contributed by atoms with Crippen molar-refractivity contribution in [2.24, 2.45) is 0 Å². The second kappa shape index (κ2) is 5.64. The first-order valence-electron chi connectivity index (χ1n) is 4.07. The zero-order valence-electron chi connectivity index (χ0n) is 8.09. The fourth-order valence-corrected chi connectivity index (χ4v) is 1.47. The lowest BCUT2D eigenvalue weighted by atomic mass is 10.8. The Labute approximate surface area is 84.5 Å². The molecule has 0 radical (unpaired) electrons. The fraction of sp³-hybridized carbons (Fsp3) is 1.00. The van der Waals surface area contributed by atoms with Crippen LogP contribution in [0.5, 0.6) is 0 Å². The molecule has 0 spiro atoms. The van der Waals surface area contributed by atoms with Gasteiger partial charge in [-0.3, -0.25) is 8.37 Å². The molecule has 0 aromatic heterocycles. The lowest BCUT2D eigenvalue weighted by Gasteiger charge is -2.03. The van der Waals surface area contributed by atoms with Crippen LogP contribution in [0.2, 0.25) is 0 Å². The second-order valence-corrected chi connectivity index (χ2v) is 6.19. The van der Waals surface area contributed by atoms with E-state index >= 15 is 0 Å². The summed E-state index contributed by atoms with van der Waals surface area (Å²) in [4.78, 5) is 0. The van der Waals surface area contributed by atoms with E-state index in [1.807, 2.05) is 0 Å². The molecule has 0 rings (SSSR count). The predicted molar refractivity (Wildman–Crippen MR) is 50.8 cm³/mol. The molecule has 8 heteroatoms. The van der Waals surface area contributed by atoms with Crippen molar-refractivity contribution in [2.75, 3.05) is 24.7 Å². The first-order valence-corrected chi connectivity index (χ1v) is 7.22. The molecule has 0 aliphatic heterocycles. The average Bonchev–Trinajstić information content (AvgIpc) is 2.13. The van der Waals surface area contributed by atoms with E-state index < -0.39 is 20.2 Å². The third-order valence-electron chi connectivity index (χ3n) is 1.32. The Kier molecular flexibility index (Phi) is 5.57. The van der Waals surface area contributed by atoms with Gasteiger partial charge in [0, 0.05) is 0 Å². The van der Waals surface area contributed by atoms with Crippen LogP contribution in [0, 0.1) is 0 Å². The molecule has 0 aliphatic carbocycles. The van der Waals surface area contributed by atoms with E-state index in [1.54, 1.807) is 0 Å². The van der Waals surface area contributed by atoms with Gasteiger partial charge in [-0.1, -0.05) is 0 Å². The van der Waals surface area contributed by atoms with Crippen LogP contribution in [0.4, 0.5) is 0 Å². The first-order chi connectivity index (χ1) is 6.33. The Bertz CT molecular complexity index is 305. The smallest absolute Gasteiger partial charge is 0.267 e. The van der Waals surface area contributed by atoms with E-state index in [2.05, 4.69) is 8.37 Å². The van der Waals surface area contributed by atoms with Gasteiger partial charge in [0.05, 0.1) is 24.7 Å². The van der Waals surface area contributed by atoms with E-state index in [1.165, 1.54) is 13.8 Å². The third kappa shape index (κ3) is 6.30. The summed E-state index contributed by atoms with van der Waals surface area (Å²) < 4.78 is 51.9. The van der Waals surface area contributed by atoms with Gasteiger partial charge in [-0.25, -0.2) is 0 Å². The lowest BCUT2D eigenvalue weighted by molar-refractivity contribution is 0.225. The van der Waals surface area contributed by atoms with Crippen LogP contribution >= 0.6 is 0 Å². The quantitative estimate of drug-likeness (QED) is 0.453. The van der Waals surface area contributed by atoms with E-state index in [0.29, 0.717) is 0 Å². The summed E-state index contributed by atoms with van der Waals surface area (Å²) >= 11 is 0. The van der Waals surface area contributed by atoms with Crippen molar-refractivity contribution < 1.29 is 25.2 Å². The highest BCUT2D eigenvalue weighted by molar-refractivity contribution is 7.87. The maximum absolute atomic E-state index is 10.8. The van der Waals surface area contributed by atoms with Gasteiger partial charge in [0.1, 0.15) is 0 Å². The fourth-order valence-electron chi connectivity index (χ4n) is 0.489. The van der Waals surface area contributed by atoms with Gasteiger partial charge in [-0.15, -0.1) is 0 Å². The molecule has 0 heterocycles. The van der Waals surface area contributed by atoms with Gasteiger partial charge in [0.25, 0.3) is 20.2 Å². The lowest BCUT2D eigenvalue weighted by Crippen LogP contribution is -2.16. The standard InChI is InChI=1S/C6H14O6S2/c1-3-13(7,8)11-5-6-12-14(9,10)4-2/h3-6H2,1-2H3. The van der Waals surface area contributed by atoms with Crippen LogP contribution < -0.4 is 0 Å². The summed E-state index contributed by atoms with van der Waals surface area (Å²) in [6.07, 6.45) is 0. The van der Waals surface area contributed by atoms with E-state index in [0.717, 1.165) is 0 Å². The minimum atomic E-state index is -3.52. The molecule has 0 aliphatic rings. The molecule has 0 fully saturated rings. The maximum atomic E-state index is 10.8. The largest absolute Gasteiger partial charge is 0.268 e. The summed E-state index contributed by atoms with van der Waals surface area (Å²) in [5, 5.41) is 0. The summed E-state index contributed by atoms with van der Waals surface area (Å²) in [5.41, 5.74) is 0. The molecule has 86 valence electrons. The van der Waals surface area contributed by atoms with Gasteiger partial charge < -0.3 is 0 Å². The Morgan fingerprint density at radius 1 is 0.786 bits per heavy atom. The van der Waals surface area contributed by atoms with Crippen molar-refractivity contribution in [1.82, 2.24) is 0 Å². The van der Waals surface area contributed by atoms with E-state index in [4.69, 9.17) is 0 Å². The Morgan fingerprint density at radius 3 is 1.29 bits per heavy atom. The molecule has 6 nitrogen and oxygen atoms in total. The Morgan fingerprint density at radius 2 is 1.07 bits per heavy atom. The highest BCUT2D eigenvalue weighted by atomic mass is 32.2. The summed E-state index contributed by atoms with van der Waals surface area (Å²) in [7, 11) is -7.04. The molecular weight excluding hydrogens is 232 g/mol. The third-order valence-corrected chi connectivity index (χ3v) is 3.78. The molecule has 0 saturated carbocycles. The summed E-state index contributed by atoms with van der Waals surface area (Å²) in [6.45, 7) is 2.29. The molecule has 0 aromatic rings. The molecule has 0 aromatic carbocycles. The molecule has 0 saturated heterocycles. The highest BCUT2D eigenvalue weighted by Gasteiger charge is 2.10. The van der Waals surface area contributed by atoms with Crippen LogP contribution in [-0.2, 0) is 28.6 Å². The molecular formula is C6H14O6S2. The van der Waals surface area contributed by atoms with Gasteiger partial charge in [0.2, 0.25) is 0 Å². The molecule has 0 N–H and O–H groups in total. The zero-order valence-corrected chi connectivity index (χ0v) is 9.73. The SMILES string of the molecule is CCS(=O)(=O)OCCOS(=O)(=O)CC. The highest BCUT2D eigenvalue weighted by Crippen LogP contribution is 1.95. The normalized spacial score (nSPS) is 13.0. The molecule has 0 bridgehead atoms. The van der Waals surface area contributed by atoms with Gasteiger partial charge >= 0.3 is 0 Å². The molecule has 0 amide bonds. The second-order valence-electron chi connectivity index (χ2n) is 2.34. The van der Waals surface area contributed by atoms with E-state index in [-0.39, 0.29) is 24.7 Å². The van der Waals surface area contributed by atoms with Crippen molar-refractivity contribution in [2.45, 2.75) is 13.8 Å². The van der Waals surface area contributed by atoms with Crippen LogP contribution in [-0.4, -0.2) is 41.6 Å². The summed E-state index contributed by atoms with van der Waals surface area (Å²) in [6, 6.07) is 0. The van der Waals surface area contributed by atoms with Crippen LogP contribution in [0.25, 0.3) is 0 Å². The van der Waals surface area contributed by atoms with Crippen LogP contribution in [0.3, 0.4) is 0 Å². The predicted octanol–water partition coefficient (Wildman–Crippen LogP) is -0.281. The minimum absolute atomic E-state index is 0.145. The van der Waals surface area contributed by atoms with E-state index in [9.17, 15) is 16.8 Å². The van der Waals surface area contributed by atoms with Crippen molar-refractivity contribution >= 4 is 20.2 Å². The average molecular weight is 246 g/mol. The van der Waals surface area contributed by atoms with Gasteiger partial charge in [-0.05, 0) is 13.8 Å². The maximum Gasteiger partial charge on any atom is 0.267 e. The van der Waals surface area contributed by atoms with Crippen molar-refractivity contribution in [1.29, 1.82) is 0 Å². The van der Waals surface area contributed by atoms with Crippen molar-refractivity contribution in [3.8, 4) is 0 Å². The number of hydrogen-bond donors (Lipinski definition) is 0. The van der Waals surface area contributed by atoms with Crippen LogP contribution in [0.15, 0.2) is 0 Å². The zero-order chi connectivity index (χ0) is 11.2. The first kappa shape index (κ1) is 13.8. The molecule has 0 atom stereocenters. The van der Waals surface area contributed by atoms with Gasteiger partial charge in [0.15, 0.2) is 0 Å². The molecule has 14 heavy (non-hydrogen) atoms. The summed E-state index contributed by atoms with van der Waals surface area (Å²) in [5.74, 6) is -0.291. The molecule has 0 unspecified atom stereocenters. The van der Waals surface area contributed by atoms with Crippen molar-refractivity contribution in [3.63, 3.8) is 0 Å².